The summed E-state index contributed by atoms with van der Waals surface area (Å²) in [5, 5.41) is 24.0. The standard InChI is InChI=1S/C17H16N6O4S.C2HF3O2/c1-18-28(26,27)15-7-3-5-13(9-15)22-17-10-16(19-11-20-17)21-12-4-2-6-14(8-12)23(24)25;3-2(4,5)1(6)7/h2-11,18H,1H3,(H2,19,20,21,22);(H,6,7). The molecular weight excluding hydrogens is 497 g/mol. The number of nitro groups is 1. The molecule has 4 N–H and O–H groups in total. The molecule has 1 heterocycles. The number of hydrogen-bond acceptors (Lipinski definition) is 9. The molecule has 0 atom stereocenters. The molecule has 0 unspecified atom stereocenters. The Hall–Kier alpha value is -4.31. The molecule has 16 heteroatoms. The minimum Gasteiger partial charge on any atom is -0.475 e. The van der Waals surface area contributed by atoms with Crippen molar-refractivity contribution in [1.29, 1.82) is 0 Å². The number of anilines is 4. The van der Waals surface area contributed by atoms with Crippen molar-refractivity contribution < 1.29 is 36.4 Å². The van der Waals surface area contributed by atoms with Crippen molar-refractivity contribution >= 4 is 44.7 Å². The second kappa shape index (κ2) is 11.2. The molecule has 3 rings (SSSR count). The van der Waals surface area contributed by atoms with Gasteiger partial charge in [-0.3, -0.25) is 10.1 Å². The molecule has 186 valence electrons. The average Bonchev–Trinajstić information content (AvgIpc) is 2.79. The average molecular weight is 514 g/mol. The number of benzene rings is 2. The summed E-state index contributed by atoms with van der Waals surface area (Å²) in [6.45, 7) is 0. The number of carboxylic acid groups (broad SMARTS) is 1. The summed E-state index contributed by atoms with van der Waals surface area (Å²) in [5.41, 5.74) is 0.984. The van der Waals surface area contributed by atoms with E-state index in [1.807, 2.05) is 0 Å². The summed E-state index contributed by atoms with van der Waals surface area (Å²) >= 11 is 0. The Morgan fingerprint density at radius 3 is 2.00 bits per heavy atom. The van der Waals surface area contributed by atoms with Crippen molar-refractivity contribution in [3.05, 3.63) is 71.0 Å². The molecule has 0 spiro atoms. The van der Waals surface area contributed by atoms with E-state index >= 15 is 0 Å². The van der Waals surface area contributed by atoms with E-state index in [2.05, 4.69) is 25.3 Å². The fourth-order valence-electron chi connectivity index (χ4n) is 2.35. The molecular formula is C19H17F3N6O6S. The molecule has 2 aromatic carbocycles. The van der Waals surface area contributed by atoms with Crippen LogP contribution in [0.5, 0.6) is 0 Å². The summed E-state index contributed by atoms with van der Waals surface area (Å²) in [7, 11) is -2.22. The molecule has 0 radical (unpaired) electrons. The minimum absolute atomic E-state index is 0.0417. The van der Waals surface area contributed by atoms with E-state index in [0.717, 1.165) is 0 Å². The number of nitro benzene ring substituents is 1. The lowest BCUT2D eigenvalue weighted by atomic mass is 10.3. The number of hydrogen-bond donors (Lipinski definition) is 4. The number of non-ortho nitro benzene ring substituents is 1. The molecule has 3 aromatic rings. The quantitative estimate of drug-likeness (QED) is 0.270. The van der Waals surface area contributed by atoms with Crippen molar-refractivity contribution in [1.82, 2.24) is 14.7 Å². The van der Waals surface area contributed by atoms with E-state index in [1.165, 1.54) is 37.6 Å². The van der Waals surface area contributed by atoms with Crippen LogP contribution in [0, 0.1) is 10.1 Å². The Morgan fingerprint density at radius 1 is 1.00 bits per heavy atom. The SMILES string of the molecule is CNS(=O)(=O)c1cccc(Nc2cc(Nc3cccc([N+](=O)[O-])c3)ncn2)c1.O=C(O)C(F)(F)F. The Kier molecular flexibility index (Phi) is 8.63. The van der Waals surface area contributed by atoms with Gasteiger partial charge in [0.05, 0.1) is 9.82 Å². The molecule has 0 aliphatic carbocycles. The molecule has 35 heavy (non-hydrogen) atoms. The third-order valence-electron chi connectivity index (χ3n) is 3.92. The highest BCUT2D eigenvalue weighted by Gasteiger charge is 2.38. The van der Waals surface area contributed by atoms with Crippen molar-refractivity contribution in [3.8, 4) is 0 Å². The molecule has 0 saturated carbocycles. The topological polar surface area (TPSA) is 176 Å². The van der Waals surface area contributed by atoms with E-state index in [1.54, 1.807) is 30.3 Å². The Labute approximate surface area is 196 Å². The number of carbonyl (C=O) groups is 1. The first kappa shape index (κ1) is 26.9. The monoisotopic (exact) mass is 514 g/mol. The number of aromatic nitrogens is 2. The van der Waals surface area contributed by atoms with E-state index in [-0.39, 0.29) is 10.6 Å². The van der Waals surface area contributed by atoms with Crippen molar-refractivity contribution in [2.24, 2.45) is 0 Å². The largest absolute Gasteiger partial charge is 0.490 e. The third-order valence-corrected chi connectivity index (χ3v) is 5.34. The van der Waals surface area contributed by atoms with Crippen LogP contribution in [0.25, 0.3) is 0 Å². The lowest BCUT2D eigenvalue weighted by molar-refractivity contribution is -0.384. The summed E-state index contributed by atoms with van der Waals surface area (Å²) in [6, 6.07) is 13.9. The number of rotatable bonds is 7. The highest BCUT2D eigenvalue weighted by atomic mass is 32.2. The number of alkyl halides is 3. The van der Waals surface area contributed by atoms with Gasteiger partial charge in [0.1, 0.15) is 18.0 Å². The molecule has 0 amide bonds. The van der Waals surface area contributed by atoms with Gasteiger partial charge in [0.2, 0.25) is 10.0 Å². The molecule has 0 saturated heterocycles. The number of nitrogens with zero attached hydrogens (tertiary/aromatic N) is 3. The van der Waals surface area contributed by atoms with Gasteiger partial charge in [-0.2, -0.15) is 13.2 Å². The lowest BCUT2D eigenvalue weighted by Crippen LogP contribution is -2.21. The first-order chi connectivity index (χ1) is 16.3. The zero-order valence-corrected chi connectivity index (χ0v) is 18.5. The number of halogens is 3. The first-order valence-electron chi connectivity index (χ1n) is 9.26. The number of carboxylic acids is 1. The van der Waals surface area contributed by atoms with Crippen molar-refractivity contribution in [2.75, 3.05) is 17.7 Å². The van der Waals surface area contributed by atoms with Crippen LogP contribution in [-0.4, -0.2) is 47.6 Å². The highest BCUT2D eigenvalue weighted by molar-refractivity contribution is 7.89. The summed E-state index contributed by atoms with van der Waals surface area (Å²) in [6.07, 6.45) is -3.77. The normalized spacial score (nSPS) is 11.1. The second-order valence-corrected chi connectivity index (χ2v) is 8.27. The lowest BCUT2D eigenvalue weighted by Gasteiger charge is -2.10. The minimum atomic E-state index is -5.08. The van der Waals surface area contributed by atoms with Gasteiger partial charge >= 0.3 is 12.1 Å². The summed E-state index contributed by atoms with van der Waals surface area (Å²) in [4.78, 5) is 27.6. The molecule has 0 fully saturated rings. The number of nitrogens with one attached hydrogen (secondary N) is 3. The summed E-state index contributed by atoms with van der Waals surface area (Å²) < 4.78 is 57.8. The molecule has 0 aliphatic rings. The smallest absolute Gasteiger partial charge is 0.475 e. The van der Waals surface area contributed by atoms with Crippen LogP contribution in [-0.2, 0) is 14.8 Å². The Balaban J connectivity index is 0.000000540. The van der Waals surface area contributed by atoms with Crippen LogP contribution in [0.2, 0.25) is 0 Å². The molecule has 1 aromatic heterocycles. The van der Waals surface area contributed by atoms with Crippen molar-refractivity contribution in [2.45, 2.75) is 11.1 Å². The van der Waals surface area contributed by atoms with Crippen LogP contribution in [0.3, 0.4) is 0 Å². The fraction of sp³-hybridized carbons (Fsp3) is 0.105. The van der Waals surface area contributed by atoms with Gasteiger partial charge in [0, 0.05) is 29.6 Å². The first-order valence-corrected chi connectivity index (χ1v) is 10.7. The Morgan fingerprint density at radius 2 is 1.51 bits per heavy atom. The van der Waals surface area contributed by atoms with E-state index in [9.17, 15) is 31.7 Å². The molecule has 0 aliphatic heterocycles. The van der Waals surface area contributed by atoms with Crippen LogP contribution in [0.4, 0.5) is 41.9 Å². The van der Waals surface area contributed by atoms with E-state index in [0.29, 0.717) is 23.0 Å². The van der Waals surface area contributed by atoms with Crippen molar-refractivity contribution in [3.63, 3.8) is 0 Å². The summed E-state index contributed by atoms with van der Waals surface area (Å²) in [5.74, 6) is -1.92. The maximum atomic E-state index is 11.9. The van der Waals surface area contributed by atoms with Gasteiger partial charge in [-0.25, -0.2) is 27.9 Å². The van der Waals surface area contributed by atoms with E-state index < -0.39 is 27.1 Å². The maximum Gasteiger partial charge on any atom is 0.490 e. The van der Waals surface area contributed by atoms with Gasteiger partial charge in [-0.15, -0.1) is 0 Å². The van der Waals surface area contributed by atoms with E-state index in [4.69, 9.17) is 9.90 Å². The zero-order chi connectivity index (χ0) is 26.2. The van der Waals surface area contributed by atoms with Crippen LogP contribution in [0.1, 0.15) is 0 Å². The van der Waals surface area contributed by atoms with Gasteiger partial charge in [-0.1, -0.05) is 12.1 Å². The predicted molar refractivity (Wildman–Crippen MR) is 118 cm³/mol. The molecule has 12 nitrogen and oxygen atoms in total. The molecule has 0 bridgehead atoms. The second-order valence-electron chi connectivity index (χ2n) is 6.38. The fourth-order valence-corrected chi connectivity index (χ4v) is 3.12. The zero-order valence-electron chi connectivity index (χ0n) is 17.6. The van der Waals surface area contributed by atoms with Crippen LogP contribution >= 0.6 is 0 Å². The highest BCUT2D eigenvalue weighted by Crippen LogP contribution is 2.23. The number of sulfonamides is 1. The van der Waals surface area contributed by atoms with Gasteiger partial charge in [0.15, 0.2) is 0 Å². The Bertz CT molecular complexity index is 1320. The van der Waals surface area contributed by atoms with Gasteiger partial charge < -0.3 is 15.7 Å². The maximum absolute atomic E-state index is 11.9. The van der Waals surface area contributed by atoms with Gasteiger partial charge in [-0.05, 0) is 31.3 Å². The number of aliphatic carboxylic acids is 1. The van der Waals surface area contributed by atoms with Gasteiger partial charge in [0.25, 0.3) is 5.69 Å². The third kappa shape index (κ3) is 8.20. The van der Waals surface area contributed by atoms with Crippen LogP contribution < -0.4 is 15.4 Å². The predicted octanol–water partition coefficient (Wildman–Crippen LogP) is 3.41. The van der Waals surface area contributed by atoms with Crippen LogP contribution in [0.15, 0.2) is 65.8 Å².